The number of carbonyl (C=O) groups excluding carboxylic acids is 1. The van der Waals surface area contributed by atoms with Gasteiger partial charge in [-0.15, -0.1) is 0 Å². The highest BCUT2D eigenvalue weighted by molar-refractivity contribution is 7.89. The molecule has 0 saturated carbocycles. The van der Waals surface area contributed by atoms with Crippen molar-refractivity contribution in [2.75, 3.05) is 5.32 Å². The number of amides is 1. The van der Waals surface area contributed by atoms with E-state index in [2.05, 4.69) is 10.3 Å². The molecule has 0 bridgehead atoms. The van der Waals surface area contributed by atoms with Crippen molar-refractivity contribution in [2.24, 2.45) is 5.84 Å². The quantitative estimate of drug-likeness (QED) is 0.255. The Morgan fingerprint density at radius 1 is 0.939 bits per heavy atom. The Balaban J connectivity index is 1.62. The van der Waals surface area contributed by atoms with Gasteiger partial charge < -0.3 is 10.3 Å². The first-order chi connectivity index (χ1) is 15.6. The van der Waals surface area contributed by atoms with Crippen molar-refractivity contribution in [3.63, 3.8) is 0 Å². The van der Waals surface area contributed by atoms with Crippen molar-refractivity contribution >= 4 is 32.5 Å². The molecule has 0 atom stereocenters. The van der Waals surface area contributed by atoms with E-state index in [1.807, 2.05) is 0 Å². The molecule has 1 heterocycles. The number of alkyl halides is 3. The smallest absolute Gasteiger partial charge is 0.350 e. The number of sulfonamides is 1. The molecule has 0 spiro atoms. The van der Waals surface area contributed by atoms with Crippen LogP contribution < -0.4 is 16.0 Å². The van der Waals surface area contributed by atoms with Gasteiger partial charge in [-0.2, -0.15) is 18.0 Å². The molecule has 0 radical (unpaired) electrons. The number of nitrogens with two attached hydrogens (primary N) is 1. The molecule has 170 valence electrons. The fraction of sp³-hybridized carbons (Fsp3) is 0.0455. The number of halogens is 3. The van der Waals surface area contributed by atoms with E-state index in [9.17, 15) is 26.4 Å². The van der Waals surface area contributed by atoms with E-state index in [1.165, 1.54) is 54.6 Å². The number of aromatic amines is 1. The number of hydrogen-bond donors (Lipinski definition) is 4. The number of hydrazine groups is 1. The van der Waals surface area contributed by atoms with E-state index in [1.54, 1.807) is 17.0 Å². The van der Waals surface area contributed by atoms with Crippen molar-refractivity contribution in [1.29, 1.82) is 0 Å². The summed E-state index contributed by atoms with van der Waals surface area (Å²) < 4.78 is 63.8. The summed E-state index contributed by atoms with van der Waals surface area (Å²) in [5, 5.41) is 3.23. The summed E-state index contributed by atoms with van der Waals surface area (Å²) in [6, 6.07) is 17.0. The van der Waals surface area contributed by atoms with Crippen LogP contribution in [0.5, 0.6) is 0 Å². The Hall–Kier alpha value is -3.67. The van der Waals surface area contributed by atoms with Crippen LogP contribution in [0, 0.1) is 0 Å². The molecule has 7 nitrogen and oxygen atoms in total. The summed E-state index contributed by atoms with van der Waals surface area (Å²) >= 11 is 0. The average Bonchev–Trinajstić information content (AvgIpc) is 3.22. The van der Waals surface area contributed by atoms with Crippen LogP contribution in [0.4, 0.5) is 18.9 Å². The molecule has 0 aliphatic heterocycles. The van der Waals surface area contributed by atoms with Gasteiger partial charge in [0.05, 0.1) is 10.5 Å². The van der Waals surface area contributed by atoms with Crippen LogP contribution in [0.15, 0.2) is 77.7 Å². The van der Waals surface area contributed by atoms with E-state index < -0.39 is 27.7 Å². The van der Waals surface area contributed by atoms with Gasteiger partial charge >= 0.3 is 6.18 Å². The maximum Gasteiger partial charge on any atom is 0.417 e. The molecular weight excluding hydrogens is 457 g/mol. The first kappa shape index (κ1) is 22.5. The summed E-state index contributed by atoms with van der Waals surface area (Å²) in [6.45, 7) is 0. The molecule has 0 aliphatic carbocycles. The van der Waals surface area contributed by atoms with Crippen LogP contribution in [0.25, 0.3) is 22.0 Å². The zero-order chi connectivity index (χ0) is 23.8. The molecule has 0 fully saturated rings. The number of nitrogens with one attached hydrogen (secondary N) is 3. The summed E-state index contributed by atoms with van der Waals surface area (Å²) in [4.78, 5) is 17.2. The van der Waals surface area contributed by atoms with Gasteiger partial charge in [0.1, 0.15) is 5.69 Å². The third-order valence-corrected chi connectivity index (χ3v) is 6.15. The second-order valence-corrected chi connectivity index (χ2v) is 8.85. The lowest BCUT2D eigenvalue weighted by molar-refractivity contribution is -0.137. The molecule has 5 N–H and O–H groups in total. The standard InChI is InChI=1S/C22H17F3N4O3S/c23-22(24,25)18-7-2-1-6-17(18)13-4-3-5-15(10-13)27-21(30)20-11-14-8-9-16(12-19(14)28-20)33(31,32)29-26/h1-12,28-29H,26H2,(H,27,30). The maximum atomic E-state index is 13.4. The topological polar surface area (TPSA) is 117 Å². The summed E-state index contributed by atoms with van der Waals surface area (Å²) in [5.74, 6) is 4.49. The monoisotopic (exact) mass is 474 g/mol. The molecule has 1 amide bonds. The first-order valence-electron chi connectivity index (χ1n) is 9.52. The second kappa shape index (κ2) is 8.35. The van der Waals surface area contributed by atoms with Crippen molar-refractivity contribution in [3.05, 3.63) is 84.1 Å². The molecule has 1 aromatic heterocycles. The normalized spacial score (nSPS) is 12.1. The molecule has 0 aliphatic rings. The van der Waals surface area contributed by atoms with Crippen LogP contribution in [0.3, 0.4) is 0 Å². The molecule has 0 saturated heterocycles. The lowest BCUT2D eigenvalue weighted by atomic mass is 9.99. The van der Waals surface area contributed by atoms with Crippen LogP contribution in [-0.2, 0) is 16.2 Å². The van der Waals surface area contributed by atoms with Gasteiger partial charge in [-0.05, 0) is 47.5 Å². The van der Waals surface area contributed by atoms with E-state index in [0.717, 1.165) is 6.07 Å². The first-order valence-corrected chi connectivity index (χ1v) is 11.0. The van der Waals surface area contributed by atoms with Crippen LogP contribution >= 0.6 is 0 Å². The Kier molecular flexibility index (Phi) is 5.70. The third kappa shape index (κ3) is 4.60. The van der Waals surface area contributed by atoms with E-state index in [0.29, 0.717) is 22.2 Å². The molecule has 33 heavy (non-hydrogen) atoms. The minimum atomic E-state index is -4.52. The number of fused-ring (bicyclic) bond motifs is 1. The zero-order valence-corrected chi connectivity index (χ0v) is 17.6. The number of aromatic nitrogens is 1. The van der Waals surface area contributed by atoms with Gasteiger partial charge in [0.25, 0.3) is 15.9 Å². The van der Waals surface area contributed by atoms with Crippen molar-refractivity contribution in [1.82, 2.24) is 9.82 Å². The molecule has 4 rings (SSSR count). The summed E-state index contributed by atoms with van der Waals surface area (Å²) in [7, 11) is -3.87. The van der Waals surface area contributed by atoms with E-state index in [4.69, 9.17) is 5.84 Å². The molecule has 3 aromatic carbocycles. The number of anilines is 1. The van der Waals surface area contributed by atoms with Gasteiger partial charge in [-0.25, -0.2) is 8.42 Å². The third-order valence-electron chi connectivity index (χ3n) is 4.97. The fourth-order valence-electron chi connectivity index (χ4n) is 3.41. The number of benzene rings is 3. The summed E-state index contributed by atoms with van der Waals surface area (Å²) in [6.07, 6.45) is -4.52. The van der Waals surface area contributed by atoms with Gasteiger partial charge in [0.2, 0.25) is 0 Å². The van der Waals surface area contributed by atoms with E-state index >= 15 is 0 Å². The highest BCUT2D eigenvalue weighted by Crippen LogP contribution is 2.37. The SMILES string of the molecule is NNS(=O)(=O)c1ccc2cc(C(=O)Nc3cccc(-c4ccccc4C(F)(F)F)c3)[nH]c2c1. The van der Waals surface area contributed by atoms with Crippen molar-refractivity contribution in [3.8, 4) is 11.1 Å². The predicted octanol–water partition coefficient (Wildman–Crippen LogP) is 4.26. The van der Waals surface area contributed by atoms with Gasteiger partial charge in [0, 0.05) is 16.6 Å². The fourth-order valence-corrected chi connectivity index (χ4v) is 4.06. The van der Waals surface area contributed by atoms with Gasteiger partial charge in [-0.1, -0.05) is 36.4 Å². The number of rotatable bonds is 5. The minimum absolute atomic E-state index is 0.00559. The zero-order valence-electron chi connectivity index (χ0n) is 16.8. The Bertz CT molecular complexity index is 1460. The molecule has 0 unspecified atom stereocenters. The minimum Gasteiger partial charge on any atom is -0.350 e. The van der Waals surface area contributed by atoms with Crippen molar-refractivity contribution < 1.29 is 26.4 Å². The lowest BCUT2D eigenvalue weighted by Gasteiger charge is -2.13. The second-order valence-electron chi connectivity index (χ2n) is 7.13. The maximum absolute atomic E-state index is 13.4. The Labute approximate surface area is 186 Å². The number of hydrogen-bond acceptors (Lipinski definition) is 4. The van der Waals surface area contributed by atoms with Crippen LogP contribution in [0.2, 0.25) is 0 Å². The average molecular weight is 474 g/mol. The Morgan fingerprint density at radius 2 is 1.70 bits per heavy atom. The van der Waals surface area contributed by atoms with E-state index in [-0.39, 0.29) is 16.2 Å². The van der Waals surface area contributed by atoms with Crippen molar-refractivity contribution in [2.45, 2.75) is 11.1 Å². The summed E-state index contributed by atoms with van der Waals surface area (Å²) in [5.41, 5.74) is 0.340. The van der Waals surface area contributed by atoms with Gasteiger partial charge in [0.15, 0.2) is 0 Å². The molecular formula is C22H17F3N4O3S. The predicted molar refractivity (Wildman–Crippen MR) is 118 cm³/mol. The van der Waals surface area contributed by atoms with Crippen LogP contribution in [0.1, 0.15) is 16.1 Å². The number of carbonyl (C=O) groups is 1. The van der Waals surface area contributed by atoms with Gasteiger partial charge in [-0.3, -0.25) is 10.6 Å². The highest BCUT2D eigenvalue weighted by Gasteiger charge is 2.33. The van der Waals surface area contributed by atoms with Crippen LogP contribution in [-0.4, -0.2) is 19.3 Å². The highest BCUT2D eigenvalue weighted by atomic mass is 32.2. The number of H-pyrrole nitrogens is 1. The Morgan fingerprint density at radius 3 is 2.42 bits per heavy atom. The molecule has 4 aromatic rings. The molecule has 11 heteroatoms. The largest absolute Gasteiger partial charge is 0.417 e. The lowest BCUT2D eigenvalue weighted by Crippen LogP contribution is -2.30.